The first kappa shape index (κ1) is 11.0. The van der Waals surface area contributed by atoms with Gasteiger partial charge in [0.2, 0.25) is 0 Å². The standard InChI is InChI=1S/C10H23N/c1-7-9(4)11(6)10(5)8(2)3/h8-10H,7H2,1-6H3. The van der Waals surface area contributed by atoms with Gasteiger partial charge in [0.05, 0.1) is 0 Å². The Bertz CT molecular complexity index is 99.0. The highest BCUT2D eigenvalue weighted by Crippen LogP contribution is 2.12. The predicted molar refractivity (Wildman–Crippen MR) is 51.8 cm³/mol. The van der Waals surface area contributed by atoms with E-state index in [1.54, 1.807) is 0 Å². The highest BCUT2D eigenvalue weighted by atomic mass is 15.1. The Morgan fingerprint density at radius 2 is 1.55 bits per heavy atom. The van der Waals surface area contributed by atoms with E-state index in [4.69, 9.17) is 0 Å². The largest absolute Gasteiger partial charge is 0.301 e. The molecule has 0 aliphatic rings. The van der Waals surface area contributed by atoms with E-state index in [0.29, 0.717) is 12.1 Å². The summed E-state index contributed by atoms with van der Waals surface area (Å²) in [4.78, 5) is 2.46. The number of nitrogens with zero attached hydrogens (tertiary/aromatic N) is 1. The number of hydrogen-bond acceptors (Lipinski definition) is 1. The van der Waals surface area contributed by atoms with Crippen molar-refractivity contribution in [2.45, 2.75) is 53.1 Å². The molecule has 0 saturated carbocycles. The van der Waals surface area contributed by atoms with Gasteiger partial charge in [-0.3, -0.25) is 0 Å². The highest BCUT2D eigenvalue weighted by molar-refractivity contribution is 4.71. The van der Waals surface area contributed by atoms with Crippen LogP contribution in [0.25, 0.3) is 0 Å². The van der Waals surface area contributed by atoms with E-state index in [9.17, 15) is 0 Å². The molecule has 1 heteroatoms. The summed E-state index contributed by atoms with van der Waals surface area (Å²) >= 11 is 0. The lowest BCUT2D eigenvalue weighted by Gasteiger charge is -2.32. The Kier molecular flexibility index (Phi) is 4.74. The summed E-state index contributed by atoms with van der Waals surface area (Å²) in [7, 11) is 2.22. The van der Waals surface area contributed by atoms with Gasteiger partial charge >= 0.3 is 0 Å². The van der Waals surface area contributed by atoms with Crippen molar-refractivity contribution in [3.63, 3.8) is 0 Å². The molecule has 68 valence electrons. The average molecular weight is 157 g/mol. The molecule has 0 N–H and O–H groups in total. The molecule has 2 unspecified atom stereocenters. The highest BCUT2D eigenvalue weighted by Gasteiger charge is 2.16. The fourth-order valence-electron chi connectivity index (χ4n) is 1.16. The molecule has 0 aliphatic heterocycles. The summed E-state index contributed by atoms with van der Waals surface area (Å²) in [6.45, 7) is 11.4. The van der Waals surface area contributed by atoms with Gasteiger partial charge in [-0.05, 0) is 33.2 Å². The first-order chi connectivity index (χ1) is 5.00. The Hall–Kier alpha value is -0.0400. The van der Waals surface area contributed by atoms with E-state index < -0.39 is 0 Å². The van der Waals surface area contributed by atoms with Gasteiger partial charge in [-0.15, -0.1) is 0 Å². The fourth-order valence-corrected chi connectivity index (χ4v) is 1.16. The van der Waals surface area contributed by atoms with Crippen LogP contribution in [0.5, 0.6) is 0 Å². The molecule has 0 aromatic heterocycles. The van der Waals surface area contributed by atoms with Crippen molar-refractivity contribution < 1.29 is 0 Å². The third-order valence-electron chi connectivity index (χ3n) is 2.89. The zero-order valence-electron chi connectivity index (χ0n) is 8.89. The zero-order chi connectivity index (χ0) is 9.02. The van der Waals surface area contributed by atoms with Crippen LogP contribution >= 0.6 is 0 Å². The topological polar surface area (TPSA) is 3.24 Å². The van der Waals surface area contributed by atoms with Crippen molar-refractivity contribution in [2.75, 3.05) is 7.05 Å². The Balaban J connectivity index is 3.90. The predicted octanol–water partition coefficient (Wildman–Crippen LogP) is 2.76. The van der Waals surface area contributed by atoms with Crippen molar-refractivity contribution in [2.24, 2.45) is 5.92 Å². The van der Waals surface area contributed by atoms with Crippen LogP contribution in [0.15, 0.2) is 0 Å². The molecule has 11 heavy (non-hydrogen) atoms. The van der Waals surface area contributed by atoms with Gasteiger partial charge in [0.25, 0.3) is 0 Å². The minimum Gasteiger partial charge on any atom is -0.301 e. The molecule has 0 fully saturated rings. The molecule has 0 saturated heterocycles. The molecule has 0 aromatic rings. The summed E-state index contributed by atoms with van der Waals surface area (Å²) in [5, 5.41) is 0. The van der Waals surface area contributed by atoms with Crippen LogP contribution in [0, 0.1) is 5.92 Å². The van der Waals surface area contributed by atoms with Crippen molar-refractivity contribution in [3.8, 4) is 0 Å². The first-order valence-electron chi connectivity index (χ1n) is 4.72. The molecule has 2 atom stereocenters. The van der Waals surface area contributed by atoms with Gasteiger partial charge in [-0.1, -0.05) is 20.8 Å². The maximum Gasteiger partial charge on any atom is 0.00896 e. The molecule has 0 spiro atoms. The quantitative estimate of drug-likeness (QED) is 0.606. The summed E-state index contributed by atoms with van der Waals surface area (Å²) in [6.07, 6.45) is 1.24. The molecular weight excluding hydrogens is 134 g/mol. The summed E-state index contributed by atoms with van der Waals surface area (Å²) in [5.74, 6) is 0.758. The number of hydrogen-bond donors (Lipinski definition) is 0. The van der Waals surface area contributed by atoms with Crippen molar-refractivity contribution in [1.29, 1.82) is 0 Å². The molecule has 0 amide bonds. The Labute approximate surface area is 71.8 Å². The maximum atomic E-state index is 2.46. The normalized spacial score (nSPS) is 17.5. The number of rotatable bonds is 4. The van der Waals surface area contributed by atoms with E-state index in [-0.39, 0.29) is 0 Å². The van der Waals surface area contributed by atoms with Crippen molar-refractivity contribution in [3.05, 3.63) is 0 Å². The minimum absolute atomic E-state index is 0.699. The van der Waals surface area contributed by atoms with Crippen molar-refractivity contribution in [1.82, 2.24) is 4.90 Å². The molecule has 0 aromatic carbocycles. The summed E-state index contributed by atoms with van der Waals surface area (Å²) in [5.41, 5.74) is 0. The Morgan fingerprint density at radius 1 is 1.09 bits per heavy atom. The van der Waals surface area contributed by atoms with Crippen LogP contribution in [-0.2, 0) is 0 Å². The summed E-state index contributed by atoms with van der Waals surface area (Å²) < 4.78 is 0. The molecule has 0 radical (unpaired) electrons. The molecule has 0 bridgehead atoms. The monoisotopic (exact) mass is 157 g/mol. The van der Waals surface area contributed by atoms with Crippen LogP contribution in [0.1, 0.15) is 41.0 Å². The van der Waals surface area contributed by atoms with Crippen LogP contribution in [0.3, 0.4) is 0 Å². The van der Waals surface area contributed by atoms with Crippen LogP contribution in [-0.4, -0.2) is 24.0 Å². The summed E-state index contributed by atoms with van der Waals surface area (Å²) in [6, 6.07) is 1.41. The smallest absolute Gasteiger partial charge is 0.00896 e. The van der Waals surface area contributed by atoms with Gasteiger partial charge in [-0.2, -0.15) is 0 Å². The van der Waals surface area contributed by atoms with Gasteiger partial charge in [0.15, 0.2) is 0 Å². The van der Waals surface area contributed by atoms with Crippen LogP contribution in [0.2, 0.25) is 0 Å². The van der Waals surface area contributed by atoms with E-state index in [1.165, 1.54) is 6.42 Å². The van der Waals surface area contributed by atoms with Gasteiger partial charge in [-0.25, -0.2) is 0 Å². The van der Waals surface area contributed by atoms with E-state index in [2.05, 4.69) is 46.6 Å². The van der Waals surface area contributed by atoms with E-state index in [1.807, 2.05) is 0 Å². The van der Waals surface area contributed by atoms with Crippen LogP contribution in [0.4, 0.5) is 0 Å². The fraction of sp³-hybridized carbons (Fsp3) is 1.00. The second-order valence-electron chi connectivity index (χ2n) is 3.91. The third-order valence-corrected chi connectivity index (χ3v) is 2.89. The third kappa shape index (κ3) is 3.24. The molecule has 0 rings (SSSR count). The Morgan fingerprint density at radius 3 is 1.82 bits per heavy atom. The van der Waals surface area contributed by atoms with Crippen molar-refractivity contribution >= 4 is 0 Å². The lowest BCUT2D eigenvalue weighted by molar-refractivity contribution is 0.154. The molecule has 0 aliphatic carbocycles. The lowest BCUT2D eigenvalue weighted by Crippen LogP contribution is -2.39. The lowest BCUT2D eigenvalue weighted by atomic mass is 10.0. The average Bonchev–Trinajstić information content (AvgIpc) is 2.00. The zero-order valence-corrected chi connectivity index (χ0v) is 8.89. The second kappa shape index (κ2) is 4.76. The minimum atomic E-state index is 0.699. The SMILES string of the molecule is CCC(C)N(C)C(C)C(C)C. The van der Waals surface area contributed by atoms with E-state index in [0.717, 1.165) is 5.92 Å². The molecule has 0 heterocycles. The van der Waals surface area contributed by atoms with Crippen LogP contribution < -0.4 is 0 Å². The van der Waals surface area contributed by atoms with Gasteiger partial charge in [0, 0.05) is 12.1 Å². The molecule has 1 nitrogen and oxygen atoms in total. The second-order valence-corrected chi connectivity index (χ2v) is 3.91. The van der Waals surface area contributed by atoms with Gasteiger partial charge < -0.3 is 4.90 Å². The van der Waals surface area contributed by atoms with Gasteiger partial charge in [0.1, 0.15) is 0 Å². The maximum absolute atomic E-state index is 2.46. The molecular formula is C10H23N. The first-order valence-corrected chi connectivity index (χ1v) is 4.72. The van der Waals surface area contributed by atoms with E-state index >= 15 is 0 Å².